The van der Waals surface area contributed by atoms with Crippen molar-refractivity contribution < 1.29 is 9.13 Å². The number of rotatable bonds is 4. The van der Waals surface area contributed by atoms with Crippen LogP contribution < -0.4 is 15.4 Å². The zero-order valence-corrected chi connectivity index (χ0v) is 16.8. The Labute approximate surface area is 165 Å². The molecule has 1 saturated heterocycles. The van der Waals surface area contributed by atoms with Gasteiger partial charge in [0.1, 0.15) is 18.2 Å². The van der Waals surface area contributed by atoms with E-state index in [4.69, 9.17) is 10.5 Å². The molecule has 2 aromatic rings. The average Bonchev–Trinajstić information content (AvgIpc) is 3.09. The summed E-state index contributed by atoms with van der Waals surface area (Å²) < 4.78 is 19.7. The summed E-state index contributed by atoms with van der Waals surface area (Å²) in [4.78, 5) is 13.6. The van der Waals surface area contributed by atoms with E-state index in [9.17, 15) is 4.39 Å². The smallest absolute Gasteiger partial charge is 0.318 e. The van der Waals surface area contributed by atoms with Crippen molar-refractivity contribution in [2.45, 2.75) is 45.7 Å². The van der Waals surface area contributed by atoms with Crippen molar-refractivity contribution in [2.24, 2.45) is 0 Å². The Morgan fingerprint density at radius 1 is 1.21 bits per heavy atom. The van der Waals surface area contributed by atoms with Crippen LogP contribution in [0.1, 0.15) is 35.2 Å². The van der Waals surface area contributed by atoms with Crippen molar-refractivity contribution in [3.05, 3.63) is 40.3 Å². The number of nitrogens with two attached hydrogens (primary N) is 1. The Bertz CT molecular complexity index is 888. The van der Waals surface area contributed by atoms with Crippen LogP contribution in [0.4, 0.5) is 15.9 Å². The zero-order valence-electron chi connectivity index (χ0n) is 16.8. The largest absolute Gasteiger partial charge is 0.462 e. The Hall–Kier alpha value is -2.41. The number of benzene rings is 1. The van der Waals surface area contributed by atoms with Crippen molar-refractivity contribution in [2.75, 3.05) is 37.4 Å². The van der Waals surface area contributed by atoms with E-state index in [0.717, 1.165) is 48.4 Å². The van der Waals surface area contributed by atoms with E-state index in [-0.39, 0.29) is 5.82 Å². The highest BCUT2D eigenvalue weighted by Gasteiger charge is 2.25. The molecule has 0 amide bonds. The molecule has 1 aromatic carbocycles. The first kappa shape index (κ1) is 18.9. The normalized spacial score (nSPS) is 19.7. The zero-order chi connectivity index (χ0) is 19.8. The molecule has 7 heteroatoms. The summed E-state index contributed by atoms with van der Waals surface area (Å²) in [5.41, 5.74) is 10.8. The lowest BCUT2D eigenvalue weighted by atomic mass is 10.0. The summed E-state index contributed by atoms with van der Waals surface area (Å²) in [6.45, 7) is 6.89. The van der Waals surface area contributed by atoms with Gasteiger partial charge in [0.15, 0.2) is 0 Å². The number of nitrogens with zero attached hydrogens (tertiary/aromatic N) is 4. The molecule has 0 bridgehead atoms. The lowest BCUT2D eigenvalue weighted by Gasteiger charge is -2.32. The minimum absolute atomic E-state index is 0.169. The average molecular weight is 385 g/mol. The van der Waals surface area contributed by atoms with Gasteiger partial charge in [-0.25, -0.2) is 4.39 Å². The Morgan fingerprint density at radius 2 is 2.04 bits per heavy atom. The SMILES string of the molecule is Cc1c(F)ccc(N2CCc3c(N)nc(OC[C@@H]4CCCN4C)nc3C2)c1C. The van der Waals surface area contributed by atoms with Crippen LogP contribution in [0.2, 0.25) is 0 Å². The second-order valence-corrected chi connectivity index (χ2v) is 7.89. The molecule has 1 aromatic heterocycles. The van der Waals surface area contributed by atoms with E-state index in [1.165, 1.54) is 12.5 Å². The van der Waals surface area contributed by atoms with Gasteiger partial charge >= 0.3 is 6.01 Å². The maximum atomic E-state index is 13.8. The first-order valence-electron chi connectivity index (χ1n) is 9.93. The van der Waals surface area contributed by atoms with Gasteiger partial charge in [-0.1, -0.05) is 0 Å². The lowest BCUT2D eigenvalue weighted by Crippen LogP contribution is -2.33. The summed E-state index contributed by atoms with van der Waals surface area (Å²) in [6.07, 6.45) is 3.10. The third kappa shape index (κ3) is 3.51. The standard InChI is InChI=1S/C21H28FN5O/c1-13-14(2)19(7-6-17(13)22)27-10-8-16-18(11-27)24-21(25-20(16)23)28-12-15-5-4-9-26(15)3/h6-7,15H,4-5,8-12H2,1-3H3,(H2,23,24,25)/t15-/m0/s1. The fraction of sp³-hybridized carbons (Fsp3) is 0.524. The van der Waals surface area contributed by atoms with E-state index in [1.54, 1.807) is 0 Å². The molecule has 2 aliphatic heterocycles. The topological polar surface area (TPSA) is 67.5 Å². The summed E-state index contributed by atoms with van der Waals surface area (Å²) in [7, 11) is 2.12. The van der Waals surface area contributed by atoms with Crippen molar-refractivity contribution in [1.29, 1.82) is 0 Å². The molecule has 3 heterocycles. The molecule has 4 rings (SSSR count). The van der Waals surface area contributed by atoms with Gasteiger partial charge in [-0.15, -0.1) is 0 Å². The molecule has 6 nitrogen and oxygen atoms in total. The molecule has 28 heavy (non-hydrogen) atoms. The number of hydrogen-bond donors (Lipinski definition) is 1. The minimum Gasteiger partial charge on any atom is -0.462 e. The fourth-order valence-electron chi connectivity index (χ4n) is 4.18. The number of likely N-dealkylation sites (N-methyl/N-ethyl adjacent to an activating group) is 1. The molecule has 150 valence electrons. The molecule has 0 unspecified atom stereocenters. The number of nitrogen functional groups attached to an aromatic ring is 1. The molecule has 2 N–H and O–H groups in total. The molecule has 0 aliphatic carbocycles. The quantitative estimate of drug-likeness (QED) is 0.873. The lowest BCUT2D eigenvalue weighted by molar-refractivity contribution is 0.187. The van der Waals surface area contributed by atoms with Crippen molar-refractivity contribution >= 4 is 11.5 Å². The van der Waals surface area contributed by atoms with Crippen LogP contribution in [-0.2, 0) is 13.0 Å². The van der Waals surface area contributed by atoms with Crippen molar-refractivity contribution in [3.8, 4) is 6.01 Å². The van der Waals surface area contributed by atoms with Gasteiger partial charge in [-0.2, -0.15) is 9.97 Å². The number of aromatic nitrogens is 2. The van der Waals surface area contributed by atoms with Gasteiger partial charge in [0.05, 0.1) is 12.2 Å². The van der Waals surface area contributed by atoms with Crippen LogP contribution in [0.3, 0.4) is 0 Å². The van der Waals surface area contributed by atoms with Gasteiger partial charge in [-0.3, -0.25) is 0 Å². The van der Waals surface area contributed by atoms with Gasteiger partial charge in [0.25, 0.3) is 0 Å². The molecule has 0 saturated carbocycles. The highest BCUT2D eigenvalue weighted by atomic mass is 19.1. The van der Waals surface area contributed by atoms with Gasteiger partial charge in [0.2, 0.25) is 0 Å². The van der Waals surface area contributed by atoms with E-state index in [1.807, 2.05) is 19.9 Å². The number of hydrogen-bond acceptors (Lipinski definition) is 6. The second-order valence-electron chi connectivity index (χ2n) is 7.89. The predicted molar refractivity (Wildman–Crippen MR) is 108 cm³/mol. The second kappa shape index (κ2) is 7.54. The Kier molecular flexibility index (Phi) is 5.10. The number of anilines is 2. The molecular formula is C21H28FN5O. The highest BCUT2D eigenvalue weighted by molar-refractivity contribution is 5.58. The maximum Gasteiger partial charge on any atom is 0.318 e. The maximum absolute atomic E-state index is 13.8. The van der Waals surface area contributed by atoms with E-state index >= 15 is 0 Å². The molecule has 2 aliphatic rings. The van der Waals surface area contributed by atoms with E-state index in [2.05, 4.69) is 26.8 Å². The third-order valence-corrected chi connectivity index (χ3v) is 6.19. The minimum atomic E-state index is -0.169. The van der Waals surface area contributed by atoms with Crippen LogP contribution in [0.5, 0.6) is 6.01 Å². The van der Waals surface area contributed by atoms with Crippen LogP contribution in [0.25, 0.3) is 0 Å². The van der Waals surface area contributed by atoms with Crippen molar-refractivity contribution in [1.82, 2.24) is 14.9 Å². The Balaban J connectivity index is 1.54. The van der Waals surface area contributed by atoms with Crippen LogP contribution in [-0.4, -0.2) is 47.7 Å². The molecule has 1 atom stereocenters. The van der Waals surface area contributed by atoms with Gasteiger partial charge < -0.3 is 20.3 Å². The highest BCUT2D eigenvalue weighted by Crippen LogP contribution is 2.31. The first-order valence-corrected chi connectivity index (χ1v) is 9.93. The van der Waals surface area contributed by atoms with E-state index < -0.39 is 0 Å². The van der Waals surface area contributed by atoms with Crippen LogP contribution in [0.15, 0.2) is 12.1 Å². The number of halogens is 1. The monoisotopic (exact) mass is 385 g/mol. The van der Waals surface area contributed by atoms with Gasteiger partial charge in [-0.05, 0) is 70.0 Å². The summed E-state index contributed by atoms with van der Waals surface area (Å²) in [5, 5.41) is 0. The molecular weight excluding hydrogens is 357 g/mol. The predicted octanol–water partition coefficient (Wildman–Crippen LogP) is 2.85. The molecule has 0 radical (unpaired) electrons. The molecule has 0 spiro atoms. The summed E-state index contributed by atoms with van der Waals surface area (Å²) >= 11 is 0. The molecule has 1 fully saturated rings. The number of fused-ring (bicyclic) bond motifs is 1. The first-order chi connectivity index (χ1) is 13.4. The van der Waals surface area contributed by atoms with Gasteiger partial charge in [0, 0.05) is 23.8 Å². The van der Waals surface area contributed by atoms with Crippen LogP contribution in [0, 0.1) is 19.7 Å². The number of ether oxygens (including phenoxy) is 1. The fourth-order valence-corrected chi connectivity index (χ4v) is 4.18. The van der Waals surface area contributed by atoms with Crippen LogP contribution >= 0.6 is 0 Å². The van der Waals surface area contributed by atoms with Crippen molar-refractivity contribution in [3.63, 3.8) is 0 Å². The summed E-state index contributed by atoms with van der Waals surface area (Å²) in [5.74, 6) is 0.337. The van der Waals surface area contributed by atoms with E-state index in [0.29, 0.717) is 36.6 Å². The number of likely N-dealkylation sites (tertiary alicyclic amines) is 1. The summed E-state index contributed by atoms with van der Waals surface area (Å²) in [6, 6.07) is 4.14. The third-order valence-electron chi connectivity index (χ3n) is 6.19. The Morgan fingerprint density at radius 3 is 2.79 bits per heavy atom.